The van der Waals surface area contributed by atoms with Gasteiger partial charge in [-0.2, -0.15) is 0 Å². The molecule has 2 atom stereocenters. The van der Waals surface area contributed by atoms with Gasteiger partial charge in [-0.25, -0.2) is 0 Å². The third-order valence-corrected chi connectivity index (χ3v) is 4.44. The fourth-order valence-electron chi connectivity index (χ4n) is 2.33. The first kappa shape index (κ1) is 15.1. The van der Waals surface area contributed by atoms with Gasteiger partial charge in [-0.05, 0) is 30.5 Å². The zero-order valence-electron chi connectivity index (χ0n) is 11.7. The molecule has 1 aromatic rings. The van der Waals surface area contributed by atoms with Crippen LogP contribution in [0.5, 0.6) is 0 Å². The van der Waals surface area contributed by atoms with Crippen molar-refractivity contribution in [3.8, 4) is 0 Å². The lowest BCUT2D eigenvalue weighted by Gasteiger charge is -2.18. The minimum atomic E-state index is -0.545. The van der Waals surface area contributed by atoms with Crippen molar-refractivity contribution < 1.29 is 14.7 Å². The van der Waals surface area contributed by atoms with Gasteiger partial charge in [0, 0.05) is 31.3 Å². The van der Waals surface area contributed by atoms with E-state index in [4.69, 9.17) is 0 Å². The molecule has 0 aliphatic carbocycles. The molecular weight excluding hydrogens is 274 g/mol. The number of hydrogen-bond acceptors (Lipinski definition) is 4. The maximum atomic E-state index is 12.1. The van der Waals surface area contributed by atoms with E-state index in [9.17, 15) is 14.7 Å². The van der Waals surface area contributed by atoms with Crippen molar-refractivity contribution in [3.63, 3.8) is 0 Å². The van der Waals surface area contributed by atoms with Crippen molar-refractivity contribution in [3.05, 3.63) is 29.8 Å². The molecule has 5 heteroatoms. The van der Waals surface area contributed by atoms with Crippen LogP contribution in [0, 0.1) is 5.92 Å². The van der Waals surface area contributed by atoms with E-state index in [1.54, 1.807) is 18.7 Å². The number of amides is 1. The SMILES string of the molecule is CC(=O)SCC1CC(=O)N(c2cccc(C(C)O)c2)C1. The highest BCUT2D eigenvalue weighted by Gasteiger charge is 2.30. The minimum Gasteiger partial charge on any atom is -0.389 e. The summed E-state index contributed by atoms with van der Waals surface area (Å²) in [6.07, 6.45) is -0.0594. The summed E-state index contributed by atoms with van der Waals surface area (Å²) in [5.41, 5.74) is 1.63. The molecular formula is C15H19NO3S. The zero-order valence-corrected chi connectivity index (χ0v) is 12.5. The molecule has 20 heavy (non-hydrogen) atoms. The van der Waals surface area contributed by atoms with Crippen molar-refractivity contribution in [2.75, 3.05) is 17.2 Å². The van der Waals surface area contributed by atoms with Gasteiger partial charge in [0.1, 0.15) is 0 Å². The largest absolute Gasteiger partial charge is 0.389 e. The van der Waals surface area contributed by atoms with Gasteiger partial charge in [-0.15, -0.1) is 0 Å². The Morgan fingerprint density at radius 2 is 2.30 bits per heavy atom. The Balaban J connectivity index is 2.07. The van der Waals surface area contributed by atoms with E-state index in [-0.39, 0.29) is 16.9 Å². The fourth-order valence-corrected chi connectivity index (χ4v) is 3.02. The van der Waals surface area contributed by atoms with Crippen LogP contribution in [-0.4, -0.2) is 28.4 Å². The first-order chi connectivity index (χ1) is 9.47. The maximum Gasteiger partial charge on any atom is 0.227 e. The van der Waals surface area contributed by atoms with Gasteiger partial charge < -0.3 is 10.0 Å². The number of aliphatic hydroxyl groups is 1. The molecule has 2 rings (SSSR count). The van der Waals surface area contributed by atoms with Crippen LogP contribution in [0.25, 0.3) is 0 Å². The second kappa shape index (κ2) is 6.41. The number of carbonyl (C=O) groups excluding carboxylic acids is 2. The highest BCUT2D eigenvalue weighted by Crippen LogP contribution is 2.29. The standard InChI is InChI=1S/C15H19NO3S/c1-10(17)13-4-3-5-14(7-13)16-8-12(6-15(16)19)9-20-11(2)18/h3-5,7,10,12,17H,6,8-9H2,1-2H3. The fraction of sp³-hybridized carbons (Fsp3) is 0.467. The summed E-state index contributed by atoms with van der Waals surface area (Å²) in [7, 11) is 0. The quantitative estimate of drug-likeness (QED) is 0.926. The van der Waals surface area contributed by atoms with Crippen molar-refractivity contribution in [2.45, 2.75) is 26.4 Å². The number of benzene rings is 1. The van der Waals surface area contributed by atoms with Gasteiger partial charge >= 0.3 is 0 Å². The lowest BCUT2D eigenvalue weighted by atomic mass is 10.1. The molecule has 0 spiro atoms. The Labute approximate surface area is 123 Å². The predicted molar refractivity (Wildman–Crippen MR) is 80.7 cm³/mol. The van der Waals surface area contributed by atoms with Crippen molar-refractivity contribution in [2.24, 2.45) is 5.92 Å². The predicted octanol–water partition coefficient (Wildman–Crippen LogP) is 2.37. The first-order valence-corrected chi connectivity index (χ1v) is 7.67. The second-order valence-electron chi connectivity index (χ2n) is 5.15. The minimum absolute atomic E-state index is 0.0851. The summed E-state index contributed by atoms with van der Waals surface area (Å²) in [4.78, 5) is 24.8. The van der Waals surface area contributed by atoms with E-state index in [1.807, 2.05) is 24.3 Å². The third-order valence-electron chi connectivity index (χ3n) is 3.39. The summed E-state index contributed by atoms with van der Waals surface area (Å²) < 4.78 is 0. The van der Waals surface area contributed by atoms with Crippen molar-refractivity contribution in [1.82, 2.24) is 0 Å². The molecule has 0 bridgehead atoms. The van der Waals surface area contributed by atoms with E-state index in [2.05, 4.69) is 0 Å². The summed E-state index contributed by atoms with van der Waals surface area (Å²) >= 11 is 1.28. The average Bonchev–Trinajstić information content (AvgIpc) is 2.78. The molecule has 1 N–H and O–H groups in total. The summed E-state index contributed by atoms with van der Waals surface area (Å²) in [5, 5.41) is 9.70. The number of thioether (sulfide) groups is 1. The normalized spacial score (nSPS) is 20.2. The number of hydrogen-bond donors (Lipinski definition) is 1. The Bertz CT molecular complexity index is 516. The number of nitrogens with zero attached hydrogens (tertiary/aromatic N) is 1. The second-order valence-corrected chi connectivity index (χ2v) is 6.34. The van der Waals surface area contributed by atoms with E-state index in [0.717, 1.165) is 11.3 Å². The van der Waals surface area contributed by atoms with Crippen molar-refractivity contribution >= 4 is 28.5 Å². The van der Waals surface area contributed by atoms with Crippen LogP contribution in [0.1, 0.15) is 31.9 Å². The van der Waals surface area contributed by atoms with Gasteiger partial charge in [-0.3, -0.25) is 9.59 Å². The maximum absolute atomic E-state index is 12.1. The number of rotatable bonds is 4. The molecule has 1 amide bonds. The Hall–Kier alpha value is -1.33. The molecule has 1 aliphatic rings. The summed E-state index contributed by atoms with van der Waals surface area (Å²) in [6.45, 7) is 3.89. The van der Waals surface area contributed by atoms with E-state index in [1.165, 1.54) is 11.8 Å². The molecule has 2 unspecified atom stereocenters. The molecule has 0 aromatic heterocycles. The summed E-state index contributed by atoms with van der Waals surface area (Å²) in [6, 6.07) is 7.42. The van der Waals surface area contributed by atoms with Crippen LogP contribution >= 0.6 is 11.8 Å². The lowest BCUT2D eigenvalue weighted by Crippen LogP contribution is -2.24. The third kappa shape index (κ3) is 3.61. The summed E-state index contributed by atoms with van der Waals surface area (Å²) in [5.74, 6) is 0.988. The van der Waals surface area contributed by atoms with Crippen LogP contribution in [0.15, 0.2) is 24.3 Å². The van der Waals surface area contributed by atoms with E-state index < -0.39 is 6.10 Å². The molecule has 0 saturated carbocycles. The van der Waals surface area contributed by atoms with Gasteiger partial charge in [0.25, 0.3) is 0 Å². The zero-order chi connectivity index (χ0) is 14.7. The van der Waals surface area contributed by atoms with Crippen LogP contribution in [0.3, 0.4) is 0 Å². The van der Waals surface area contributed by atoms with Gasteiger partial charge in [0.15, 0.2) is 5.12 Å². The van der Waals surface area contributed by atoms with E-state index in [0.29, 0.717) is 18.7 Å². The Morgan fingerprint density at radius 1 is 1.55 bits per heavy atom. The topological polar surface area (TPSA) is 57.6 Å². The van der Waals surface area contributed by atoms with Gasteiger partial charge in [0.2, 0.25) is 5.91 Å². The van der Waals surface area contributed by atoms with Crippen LogP contribution in [-0.2, 0) is 9.59 Å². The lowest BCUT2D eigenvalue weighted by molar-refractivity contribution is -0.117. The molecule has 1 saturated heterocycles. The van der Waals surface area contributed by atoms with Gasteiger partial charge in [-0.1, -0.05) is 23.9 Å². The Morgan fingerprint density at radius 3 is 2.95 bits per heavy atom. The number of carbonyl (C=O) groups is 2. The van der Waals surface area contributed by atoms with Gasteiger partial charge in [0.05, 0.1) is 6.10 Å². The van der Waals surface area contributed by atoms with Crippen LogP contribution in [0.4, 0.5) is 5.69 Å². The molecule has 1 heterocycles. The molecule has 1 aromatic carbocycles. The molecule has 1 aliphatic heterocycles. The Kier molecular flexibility index (Phi) is 4.83. The van der Waals surface area contributed by atoms with Crippen LogP contribution in [0.2, 0.25) is 0 Å². The molecule has 108 valence electrons. The smallest absolute Gasteiger partial charge is 0.227 e. The number of anilines is 1. The highest BCUT2D eigenvalue weighted by atomic mass is 32.2. The number of aliphatic hydroxyl groups excluding tert-OH is 1. The monoisotopic (exact) mass is 293 g/mol. The molecule has 1 fully saturated rings. The van der Waals surface area contributed by atoms with Crippen LogP contribution < -0.4 is 4.90 Å². The average molecular weight is 293 g/mol. The molecule has 0 radical (unpaired) electrons. The van der Waals surface area contributed by atoms with E-state index >= 15 is 0 Å². The molecule has 4 nitrogen and oxygen atoms in total. The first-order valence-electron chi connectivity index (χ1n) is 6.69. The highest BCUT2D eigenvalue weighted by molar-refractivity contribution is 8.13. The van der Waals surface area contributed by atoms with Crippen molar-refractivity contribution in [1.29, 1.82) is 0 Å².